The third kappa shape index (κ3) is 0.916. The van der Waals surface area contributed by atoms with Gasteiger partial charge >= 0.3 is 0 Å². The second-order valence-electron chi connectivity index (χ2n) is 2.95. The van der Waals surface area contributed by atoms with Gasteiger partial charge in [0.25, 0.3) is 0 Å². The highest BCUT2D eigenvalue weighted by atomic mass is 15.0. The predicted molar refractivity (Wildman–Crippen MR) is 49.3 cm³/mol. The van der Waals surface area contributed by atoms with Crippen LogP contribution in [0.5, 0.6) is 0 Å². The van der Waals surface area contributed by atoms with Crippen LogP contribution in [0, 0.1) is 6.92 Å². The lowest BCUT2D eigenvalue weighted by Crippen LogP contribution is -1.90. The van der Waals surface area contributed by atoms with Gasteiger partial charge in [0, 0.05) is 6.20 Å². The van der Waals surface area contributed by atoms with E-state index in [1.165, 1.54) is 11.1 Å². The molecule has 0 bridgehead atoms. The fourth-order valence-corrected chi connectivity index (χ4v) is 1.51. The van der Waals surface area contributed by atoms with Gasteiger partial charge in [0.15, 0.2) is 0 Å². The van der Waals surface area contributed by atoms with Crippen molar-refractivity contribution in [2.75, 3.05) is 0 Å². The lowest BCUT2D eigenvalue weighted by atomic mass is 10.2. The average Bonchev–Trinajstić information content (AvgIpc) is 2.48. The summed E-state index contributed by atoms with van der Waals surface area (Å²) in [5.74, 6) is 1.06. The van der Waals surface area contributed by atoms with E-state index >= 15 is 0 Å². The number of fused-ring (bicyclic) bond motifs is 1. The smallest absolute Gasteiger partial charge is 0.110 e. The van der Waals surface area contributed by atoms with Crippen LogP contribution in [-0.4, -0.2) is 9.38 Å². The van der Waals surface area contributed by atoms with Gasteiger partial charge in [0.2, 0.25) is 0 Å². The minimum Gasteiger partial charge on any atom is -0.304 e. The van der Waals surface area contributed by atoms with Crippen molar-refractivity contribution in [1.29, 1.82) is 0 Å². The number of aryl methyl sites for hydroxylation is 2. The van der Waals surface area contributed by atoms with Crippen molar-refractivity contribution in [3.8, 4) is 0 Å². The van der Waals surface area contributed by atoms with E-state index in [2.05, 4.69) is 34.6 Å². The molecule has 0 unspecified atom stereocenters. The van der Waals surface area contributed by atoms with Crippen LogP contribution < -0.4 is 0 Å². The van der Waals surface area contributed by atoms with Crippen LogP contribution in [-0.2, 0) is 6.42 Å². The number of hydrogen-bond acceptors (Lipinski definition) is 1. The van der Waals surface area contributed by atoms with Crippen LogP contribution in [0.15, 0.2) is 24.5 Å². The molecule has 2 heterocycles. The third-order valence-corrected chi connectivity index (χ3v) is 2.22. The summed E-state index contributed by atoms with van der Waals surface area (Å²) in [4.78, 5) is 4.27. The first-order chi connectivity index (χ1) is 5.83. The van der Waals surface area contributed by atoms with E-state index in [0.717, 1.165) is 12.2 Å². The van der Waals surface area contributed by atoms with Gasteiger partial charge in [-0.25, -0.2) is 4.98 Å². The summed E-state index contributed by atoms with van der Waals surface area (Å²) in [6.07, 6.45) is 5.06. The standard InChI is InChI=1S/C10H12N2/c1-3-9-5-4-6-12-8(2)11-7-10(9)12/h4-7H,3H2,1-2H3. The molecule has 2 aromatic rings. The van der Waals surface area contributed by atoms with Crippen molar-refractivity contribution in [2.24, 2.45) is 0 Å². The Labute approximate surface area is 71.9 Å². The number of nitrogens with zero attached hydrogens (tertiary/aromatic N) is 2. The highest BCUT2D eigenvalue weighted by molar-refractivity contribution is 5.53. The molecule has 0 fully saturated rings. The Kier molecular flexibility index (Phi) is 1.61. The molecular formula is C10H12N2. The first-order valence-electron chi connectivity index (χ1n) is 4.24. The molecule has 0 aromatic carbocycles. The van der Waals surface area contributed by atoms with E-state index in [1.807, 2.05) is 13.1 Å². The van der Waals surface area contributed by atoms with Crippen LogP contribution in [0.4, 0.5) is 0 Å². The molecule has 0 aliphatic carbocycles. The molecule has 0 radical (unpaired) electrons. The summed E-state index contributed by atoms with van der Waals surface area (Å²) in [6.45, 7) is 4.18. The third-order valence-electron chi connectivity index (χ3n) is 2.22. The number of imidazole rings is 1. The molecule has 0 saturated heterocycles. The van der Waals surface area contributed by atoms with Gasteiger partial charge in [-0.1, -0.05) is 13.0 Å². The minimum absolute atomic E-state index is 1.06. The summed E-state index contributed by atoms with van der Waals surface area (Å²) >= 11 is 0. The largest absolute Gasteiger partial charge is 0.304 e. The molecule has 0 aliphatic rings. The fraction of sp³-hybridized carbons (Fsp3) is 0.300. The molecular weight excluding hydrogens is 148 g/mol. The van der Waals surface area contributed by atoms with Crippen LogP contribution in [0.2, 0.25) is 0 Å². The molecule has 2 rings (SSSR count). The molecule has 12 heavy (non-hydrogen) atoms. The number of hydrogen-bond donors (Lipinski definition) is 0. The molecule has 0 spiro atoms. The molecule has 2 nitrogen and oxygen atoms in total. The van der Waals surface area contributed by atoms with E-state index in [1.54, 1.807) is 0 Å². The summed E-state index contributed by atoms with van der Waals surface area (Å²) in [5.41, 5.74) is 2.59. The molecule has 62 valence electrons. The summed E-state index contributed by atoms with van der Waals surface area (Å²) in [6, 6.07) is 4.22. The van der Waals surface area contributed by atoms with Gasteiger partial charge in [0.1, 0.15) is 5.82 Å². The Hall–Kier alpha value is -1.31. The van der Waals surface area contributed by atoms with Gasteiger partial charge in [-0.3, -0.25) is 0 Å². The zero-order chi connectivity index (χ0) is 8.55. The van der Waals surface area contributed by atoms with Gasteiger partial charge in [-0.2, -0.15) is 0 Å². The summed E-state index contributed by atoms with van der Waals surface area (Å²) < 4.78 is 2.12. The normalized spacial score (nSPS) is 10.8. The van der Waals surface area contributed by atoms with Crippen molar-refractivity contribution < 1.29 is 0 Å². The van der Waals surface area contributed by atoms with E-state index < -0.39 is 0 Å². The highest BCUT2D eigenvalue weighted by Crippen LogP contribution is 2.12. The molecule has 2 aromatic heterocycles. The maximum absolute atomic E-state index is 4.27. The Bertz CT molecular complexity index is 401. The summed E-state index contributed by atoms with van der Waals surface area (Å²) in [7, 11) is 0. The van der Waals surface area contributed by atoms with Gasteiger partial charge in [-0.15, -0.1) is 0 Å². The van der Waals surface area contributed by atoms with E-state index in [9.17, 15) is 0 Å². The number of aromatic nitrogens is 2. The Morgan fingerprint density at radius 3 is 3.08 bits per heavy atom. The number of pyridine rings is 1. The molecule has 0 amide bonds. The van der Waals surface area contributed by atoms with Crippen LogP contribution in [0.1, 0.15) is 18.3 Å². The van der Waals surface area contributed by atoms with Gasteiger partial charge in [0.05, 0.1) is 11.7 Å². The maximum atomic E-state index is 4.27. The topological polar surface area (TPSA) is 17.3 Å². The highest BCUT2D eigenvalue weighted by Gasteiger charge is 2.00. The van der Waals surface area contributed by atoms with Crippen molar-refractivity contribution in [3.63, 3.8) is 0 Å². The van der Waals surface area contributed by atoms with Crippen LogP contribution in [0.25, 0.3) is 5.52 Å². The predicted octanol–water partition coefficient (Wildman–Crippen LogP) is 2.21. The van der Waals surface area contributed by atoms with Crippen LogP contribution >= 0.6 is 0 Å². The molecule has 0 saturated carbocycles. The van der Waals surface area contributed by atoms with Crippen LogP contribution in [0.3, 0.4) is 0 Å². The second kappa shape index (κ2) is 2.63. The Morgan fingerprint density at radius 2 is 2.33 bits per heavy atom. The molecule has 0 aliphatic heterocycles. The fourth-order valence-electron chi connectivity index (χ4n) is 1.51. The molecule has 2 heteroatoms. The zero-order valence-electron chi connectivity index (χ0n) is 7.41. The number of rotatable bonds is 1. The van der Waals surface area contributed by atoms with Crippen molar-refractivity contribution in [1.82, 2.24) is 9.38 Å². The lowest BCUT2D eigenvalue weighted by molar-refractivity contribution is 1.03. The quantitative estimate of drug-likeness (QED) is 0.625. The first-order valence-corrected chi connectivity index (χ1v) is 4.24. The summed E-state index contributed by atoms with van der Waals surface area (Å²) in [5, 5.41) is 0. The first kappa shape index (κ1) is 7.35. The van der Waals surface area contributed by atoms with Gasteiger partial charge < -0.3 is 4.40 Å². The molecule has 0 N–H and O–H groups in total. The monoisotopic (exact) mass is 160 g/mol. The Morgan fingerprint density at radius 1 is 1.50 bits per heavy atom. The van der Waals surface area contributed by atoms with E-state index in [-0.39, 0.29) is 0 Å². The van der Waals surface area contributed by atoms with Gasteiger partial charge in [-0.05, 0) is 25.0 Å². The Balaban J connectivity index is 2.81. The zero-order valence-corrected chi connectivity index (χ0v) is 7.41. The van der Waals surface area contributed by atoms with Crippen molar-refractivity contribution in [2.45, 2.75) is 20.3 Å². The van der Waals surface area contributed by atoms with Crippen molar-refractivity contribution >= 4 is 5.52 Å². The van der Waals surface area contributed by atoms with E-state index in [4.69, 9.17) is 0 Å². The average molecular weight is 160 g/mol. The maximum Gasteiger partial charge on any atom is 0.110 e. The molecule has 0 atom stereocenters. The SMILES string of the molecule is CCc1cccn2c(C)ncc12. The minimum atomic E-state index is 1.06. The lowest BCUT2D eigenvalue weighted by Gasteiger charge is -2.00. The van der Waals surface area contributed by atoms with Crippen molar-refractivity contribution in [3.05, 3.63) is 35.9 Å². The second-order valence-corrected chi connectivity index (χ2v) is 2.95. The van der Waals surface area contributed by atoms with E-state index in [0.29, 0.717) is 0 Å².